The van der Waals surface area contributed by atoms with Crippen LogP contribution in [0.4, 0.5) is 5.95 Å². The molecule has 0 aromatic carbocycles. The number of nitrogens with zero attached hydrogens (tertiary/aromatic N) is 6. The minimum absolute atomic E-state index is 0.290. The average molecular weight is 393 g/mol. The predicted molar refractivity (Wildman–Crippen MR) is 108 cm³/mol. The normalized spacial score (nSPS) is 19.0. The zero-order valence-corrected chi connectivity index (χ0v) is 16.4. The van der Waals surface area contributed by atoms with Crippen LogP contribution in [0.5, 0.6) is 0 Å². The summed E-state index contributed by atoms with van der Waals surface area (Å²) in [5.41, 5.74) is 4.02. The number of fused-ring (bicyclic) bond motifs is 2. The summed E-state index contributed by atoms with van der Waals surface area (Å²) in [4.78, 5) is 13.2. The maximum atomic E-state index is 5.72. The number of hydrogen-bond acceptors (Lipinski definition) is 7. The quantitative estimate of drug-likeness (QED) is 0.482. The molecule has 0 unspecified atom stereocenters. The SMILES string of the molecule is COCCO[C@H]1C[C@H](Nc2ncc3c(-c4cnc5ncc(C)n5c4)ccn3n2)C1. The lowest BCUT2D eigenvalue weighted by atomic mass is 9.89. The van der Waals surface area contributed by atoms with Gasteiger partial charge in [-0.15, -0.1) is 5.10 Å². The molecule has 0 aliphatic heterocycles. The molecule has 5 rings (SSSR count). The van der Waals surface area contributed by atoms with E-state index in [4.69, 9.17) is 9.47 Å². The topological polar surface area (TPSA) is 90.9 Å². The molecule has 4 heterocycles. The van der Waals surface area contributed by atoms with Gasteiger partial charge in [0, 0.05) is 48.6 Å². The van der Waals surface area contributed by atoms with Crippen LogP contribution >= 0.6 is 0 Å². The number of anilines is 1. The fourth-order valence-electron chi connectivity index (χ4n) is 3.64. The van der Waals surface area contributed by atoms with Crippen LogP contribution in [-0.4, -0.2) is 61.4 Å². The van der Waals surface area contributed by atoms with Gasteiger partial charge >= 0.3 is 0 Å². The zero-order chi connectivity index (χ0) is 19.8. The second kappa shape index (κ2) is 7.41. The summed E-state index contributed by atoms with van der Waals surface area (Å²) in [7, 11) is 1.68. The van der Waals surface area contributed by atoms with Gasteiger partial charge in [0.05, 0.1) is 37.2 Å². The van der Waals surface area contributed by atoms with E-state index in [-0.39, 0.29) is 0 Å². The van der Waals surface area contributed by atoms with Crippen LogP contribution in [0.15, 0.2) is 37.1 Å². The highest BCUT2D eigenvalue weighted by molar-refractivity contribution is 5.79. The highest BCUT2D eigenvalue weighted by atomic mass is 16.5. The van der Waals surface area contributed by atoms with Crippen molar-refractivity contribution in [3.8, 4) is 11.1 Å². The van der Waals surface area contributed by atoms with Gasteiger partial charge in [0.25, 0.3) is 0 Å². The van der Waals surface area contributed by atoms with Gasteiger partial charge < -0.3 is 14.8 Å². The molecule has 29 heavy (non-hydrogen) atoms. The summed E-state index contributed by atoms with van der Waals surface area (Å²) in [6.45, 7) is 3.28. The maximum absolute atomic E-state index is 5.72. The molecule has 1 N–H and O–H groups in total. The molecule has 1 aliphatic carbocycles. The molecule has 4 aromatic rings. The smallest absolute Gasteiger partial charge is 0.241 e. The molecule has 150 valence electrons. The van der Waals surface area contributed by atoms with Crippen molar-refractivity contribution in [2.75, 3.05) is 25.6 Å². The first kappa shape index (κ1) is 18.0. The molecule has 0 saturated heterocycles. The molecular formula is C20H23N7O2. The molecule has 1 fully saturated rings. The lowest BCUT2D eigenvalue weighted by molar-refractivity contribution is -0.0261. The Morgan fingerprint density at radius 3 is 2.86 bits per heavy atom. The number of imidazole rings is 1. The molecule has 1 saturated carbocycles. The lowest BCUT2D eigenvalue weighted by Gasteiger charge is -2.35. The van der Waals surface area contributed by atoms with E-state index in [2.05, 4.69) is 25.4 Å². The van der Waals surface area contributed by atoms with Crippen molar-refractivity contribution in [1.82, 2.24) is 29.0 Å². The van der Waals surface area contributed by atoms with Crippen LogP contribution in [0.3, 0.4) is 0 Å². The van der Waals surface area contributed by atoms with Crippen LogP contribution in [0.1, 0.15) is 18.5 Å². The zero-order valence-electron chi connectivity index (χ0n) is 16.4. The molecule has 0 amide bonds. The number of aryl methyl sites for hydroxylation is 1. The summed E-state index contributed by atoms with van der Waals surface area (Å²) in [6.07, 6.45) is 11.7. The minimum atomic E-state index is 0.290. The molecule has 1 aliphatic rings. The lowest BCUT2D eigenvalue weighted by Crippen LogP contribution is -2.41. The van der Waals surface area contributed by atoms with E-state index in [1.54, 1.807) is 7.11 Å². The van der Waals surface area contributed by atoms with Gasteiger partial charge in [-0.2, -0.15) is 0 Å². The Bertz CT molecular complexity index is 1150. The fourth-order valence-corrected chi connectivity index (χ4v) is 3.64. The van der Waals surface area contributed by atoms with Gasteiger partial charge in [0.1, 0.15) is 0 Å². The fraction of sp³-hybridized carbons (Fsp3) is 0.400. The van der Waals surface area contributed by atoms with Crippen molar-refractivity contribution in [3.05, 3.63) is 42.7 Å². The molecule has 9 heteroatoms. The Kier molecular flexibility index (Phi) is 4.61. The second-order valence-corrected chi connectivity index (χ2v) is 7.35. The first-order valence-corrected chi connectivity index (χ1v) is 9.73. The number of methoxy groups -OCH3 is 1. The third kappa shape index (κ3) is 3.43. The van der Waals surface area contributed by atoms with E-state index in [0.29, 0.717) is 37.1 Å². The molecule has 4 aromatic heterocycles. The summed E-state index contributed by atoms with van der Waals surface area (Å²) in [5, 5.41) is 8.00. The Labute approximate surface area is 167 Å². The van der Waals surface area contributed by atoms with Crippen LogP contribution in [0.25, 0.3) is 22.4 Å². The van der Waals surface area contributed by atoms with E-state index >= 15 is 0 Å². The molecule has 0 bridgehead atoms. The van der Waals surface area contributed by atoms with Crippen molar-refractivity contribution in [1.29, 1.82) is 0 Å². The standard InChI is InChI=1S/C20H23N7O2/c1-13-9-22-20-23-10-14(12-26(13)20)17-3-4-27-18(17)11-21-19(25-27)24-15-7-16(8-15)29-6-5-28-2/h3-4,9-12,15-16H,5-8H2,1-2H3,(H,24,25)/t15-,16-. The Morgan fingerprint density at radius 2 is 2.00 bits per heavy atom. The van der Waals surface area contributed by atoms with Crippen molar-refractivity contribution in [3.63, 3.8) is 0 Å². The number of nitrogens with one attached hydrogen (secondary N) is 1. The molecular weight excluding hydrogens is 370 g/mol. The second-order valence-electron chi connectivity index (χ2n) is 7.35. The molecule has 0 spiro atoms. The summed E-state index contributed by atoms with van der Waals surface area (Å²) in [5.74, 6) is 1.32. The van der Waals surface area contributed by atoms with E-state index in [0.717, 1.165) is 35.2 Å². The highest BCUT2D eigenvalue weighted by Crippen LogP contribution is 2.27. The van der Waals surface area contributed by atoms with E-state index in [1.807, 2.05) is 52.9 Å². The van der Waals surface area contributed by atoms with Crippen LogP contribution < -0.4 is 5.32 Å². The number of ether oxygens (including phenoxy) is 2. The van der Waals surface area contributed by atoms with Crippen molar-refractivity contribution in [2.45, 2.75) is 31.9 Å². The van der Waals surface area contributed by atoms with Gasteiger partial charge in [-0.3, -0.25) is 4.40 Å². The van der Waals surface area contributed by atoms with Gasteiger partial charge in [0.15, 0.2) is 0 Å². The van der Waals surface area contributed by atoms with E-state index in [1.165, 1.54) is 0 Å². The van der Waals surface area contributed by atoms with Gasteiger partial charge in [0.2, 0.25) is 11.7 Å². The highest BCUT2D eigenvalue weighted by Gasteiger charge is 2.30. The summed E-state index contributed by atoms with van der Waals surface area (Å²) < 4.78 is 14.6. The maximum Gasteiger partial charge on any atom is 0.241 e. The molecule has 9 nitrogen and oxygen atoms in total. The summed E-state index contributed by atoms with van der Waals surface area (Å²) in [6, 6.07) is 2.37. The van der Waals surface area contributed by atoms with Gasteiger partial charge in [-0.25, -0.2) is 19.5 Å². The van der Waals surface area contributed by atoms with Crippen LogP contribution in [0, 0.1) is 6.92 Å². The summed E-state index contributed by atoms with van der Waals surface area (Å²) >= 11 is 0. The first-order chi connectivity index (χ1) is 14.2. The number of hydrogen-bond donors (Lipinski definition) is 1. The first-order valence-electron chi connectivity index (χ1n) is 9.73. The van der Waals surface area contributed by atoms with Crippen molar-refractivity contribution in [2.24, 2.45) is 0 Å². The predicted octanol–water partition coefficient (Wildman–Crippen LogP) is 2.35. The largest absolute Gasteiger partial charge is 0.382 e. The number of rotatable bonds is 7. The third-order valence-electron chi connectivity index (χ3n) is 5.35. The molecule has 0 atom stereocenters. The van der Waals surface area contributed by atoms with Crippen LogP contribution in [-0.2, 0) is 9.47 Å². The molecule has 0 radical (unpaired) electrons. The van der Waals surface area contributed by atoms with E-state index < -0.39 is 0 Å². The Morgan fingerprint density at radius 1 is 1.14 bits per heavy atom. The average Bonchev–Trinajstić information content (AvgIpc) is 3.29. The Balaban J connectivity index is 1.30. The Hall–Kier alpha value is -3.04. The van der Waals surface area contributed by atoms with Crippen LogP contribution in [0.2, 0.25) is 0 Å². The van der Waals surface area contributed by atoms with Crippen molar-refractivity contribution < 1.29 is 9.47 Å². The van der Waals surface area contributed by atoms with Gasteiger partial charge in [-0.1, -0.05) is 0 Å². The third-order valence-corrected chi connectivity index (χ3v) is 5.35. The monoisotopic (exact) mass is 393 g/mol. The minimum Gasteiger partial charge on any atom is -0.382 e. The van der Waals surface area contributed by atoms with Crippen molar-refractivity contribution >= 4 is 17.2 Å². The number of aromatic nitrogens is 6. The van der Waals surface area contributed by atoms with E-state index in [9.17, 15) is 0 Å². The van der Waals surface area contributed by atoms with Gasteiger partial charge in [-0.05, 0) is 25.8 Å².